The van der Waals surface area contributed by atoms with Crippen LogP contribution >= 0.6 is 0 Å². The van der Waals surface area contributed by atoms with Gasteiger partial charge in [0.15, 0.2) is 0 Å². The van der Waals surface area contributed by atoms with Crippen molar-refractivity contribution in [2.45, 2.75) is 0 Å². The van der Waals surface area contributed by atoms with Gasteiger partial charge in [-0.25, -0.2) is 0 Å². The Balaban J connectivity index is 1.54. The van der Waals surface area contributed by atoms with Crippen LogP contribution in [0.2, 0.25) is 0 Å². The number of benzene rings is 2. The van der Waals surface area contributed by atoms with Crippen molar-refractivity contribution in [2.24, 2.45) is 10.2 Å². The summed E-state index contributed by atoms with van der Waals surface area (Å²) in [7, 11) is 0. The largest absolute Gasteiger partial charge is 0.319 e. The number of pyridine rings is 2. The lowest BCUT2D eigenvalue weighted by atomic mass is 10.2. The number of nitrogens with zero attached hydrogens (tertiary/aromatic N) is 4. The van der Waals surface area contributed by atoms with Gasteiger partial charge in [-0.15, -0.1) is 10.2 Å². The van der Waals surface area contributed by atoms with Gasteiger partial charge >= 0.3 is 0 Å². The van der Waals surface area contributed by atoms with E-state index in [4.69, 9.17) is 0 Å². The Hall–Kier alpha value is -4.72. The molecule has 0 aliphatic carbocycles. The number of para-hydroxylation sites is 2. The molecule has 0 saturated carbocycles. The molecule has 4 rings (SSSR count). The highest BCUT2D eigenvalue weighted by Gasteiger charge is 2.11. The van der Waals surface area contributed by atoms with Gasteiger partial charge in [-0.2, -0.15) is 0 Å². The molecule has 156 valence electrons. The van der Waals surface area contributed by atoms with Crippen molar-refractivity contribution in [3.63, 3.8) is 0 Å². The summed E-state index contributed by atoms with van der Waals surface area (Å²) >= 11 is 0. The molecular formula is C24H18N6O2. The first-order chi connectivity index (χ1) is 15.7. The third kappa shape index (κ3) is 5.06. The molecule has 2 heterocycles. The summed E-state index contributed by atoms with van der Waals surface area (Å²) in [5, 5.41) is 14.2. The Morgan fingerprint density at radius 2 is 0.969 bits per heavy atom. The number of aromatic nitrogens is 2. The zero-order valence-electron chi connectivity index (χ0n) is 16.8. The monoisotopic (exact) mass is 422 g/mol. The molecule has 0 bridgehead atoms. The number of amides is 2. The quantitative estimate of drug-likeness (QED) is 0.406. The second-order valence-corrected chi connectivity index (χ2v) is 6.57. The summed E-state index contributed by atoms with van der Waals surface area (Å²) in [5.41, 5.74) is 2.48. The number of hydrogen-bond donors (Lipinski definition) is 2. The van der Waals surface area contributed by atoms with Crippen molar-refractivity contribution in [3.05, 3.63) is 109 Å². The highest BCUT2D eigenvalue weighted by atomic mass is 16.2. The molecule has 4 aromatic rings. The van der Waals surface area contributed by atoms with Crippen LogP contribution in [0.4, 0.5) is 22.7 Å². The SMILES string of the molecule is O=C(Nc1ccccc1N=Nc1ccccc1NC(=O)c1ccccn1)c1ccccn1. The van der Waals surface area contributed by atoms with Crippen LogP contribution in [0.25, 0.3) is 0 Å². The van der Waals surface area contributed by atoms with Gasteiger partial charge < -0.3 is 10.6 Å². The van der Waals surface area contributed by atoms with Crippen molar-refractivity contribution in [3.8, 4) is 0 Å². The van der Waals surface area contributed by atoms with E-state index in [9.17, 15) is 9.59 Å². The molecular weight excluding hydrogens is 404 g/mol. The van der Waals surface area contributed by atoms with Crippen LogP contribution < -0.4 is 10.6 Å². The predicted molar refractivity (Wildman–Crippen MR) is 121 cm³/mol. The first-order valence-corrected chi connectivity index (χ1v) is 9.75. The van der Waals surface area contributed by atoms with E-state index < -0.39 is 0 Å². The predicted octanol–water partition coefficient (Wildman–Crippen LogP) is 5.40. The molecule has 0 aliphatic heterocycles. The molecule has 32 heavy (non-hydrogen) atoms. The molecule has 8 nitrogen and oxygen atoms in total. The standard InChI is InChI=1S/C24H18N6O2/c31-23(21-13-5-7-15-25-21)27-17-9-1-3-11-19(17)29-30-20-12-4-2-10-18(20)28-24(32)22-14-6-8-16-26-22/h1-16H,(H,27,31)(H,28,32). The Kier molecular flexibility index (Phi) is 6.33. The number of azo groups is 1. The highest BCUT2D eigenvalue weighted by Crippen LogP contribution is 2.30. The number of anilines is 2. The zero-order chi connectivity index (χ0) is 22.2. The third-order valence-electron chi connectivity index (χ3n) is 4.37. The Labute approximate surface area is 184 Å². The van der Waals surface area contributed by atoms with Gasteiger partial charge in [0.05, 0.1) is 11.4 Å². The van der Waals surface area contributed by atoms with E-state index >= 15 is 0 Å². The van der Waals surface area contributed by atoms with Crippen LogP contribution in [0, 0.1) is 0 Å². The van der Waals surface area contributed by atoms with Crippen molar-refractivity contribution in [1.29, 1.82) is 0 Å². The molecule has 0 fully saturated rings. The molecule has 8 heteroatoms. The first-order valence-electron chi connectivity index (χ1n) is 9.75. The smallest absolute Gasteiger partial charge is 0.274 e. The molecule has 2 amide bonds. The van der Waals surface area contributed by atoms with E-state index in [0.29, 0.717) is 34.1 Å². The van der Waals surface area contributed by atoms with Gasteiger partial charge in [0.2, 0.25) is 0 Å². The average Bonchev–Trinajstić information content (AvgIpc) is 2.85. The molecule has 0 radical (unpaired) electrons. The number of carbonyl (C=O) groups is 2. The lowest BCUT2D eigenvalue weighted by Gasteiger charge is -2.08. The third-order valence-corrected chi connectivity index (χ3v) is 4.37. The summed E-state index contributed by atoms with van der Waals surface area (Å²) in [6.07, 6.45) is 3.10. The van der Waals surface area contributed by atoms with Gasteiger partial charge in [-0.05, 0) is 48.5 Å². The van der Waals surface area contributed by atoms with Gasteiger partial charge in [0.25, 0.3) is 11.8 Å². The van der Waals surface area contributed by atoms with E-state index in [2.05, 4.69) is 30.8 Å². The first kappa shape index (κ1) is 20.5. The van der Waals surface area contributed by atoms with Crippen LogP contribution in [0.5, 0.6) is 0 Å². The number of rotatable bonds is 6. The van der Waals surface area contributed by atoms with E-state index in [1.165, 1.54) is 0 Å². The molecule has 0 spiro atoms. The maximum atomic E-state index is 12.5. The Bertz CT molecular complexity index is 1160. The number of carbonyl (C=O) groups excluding carboxylic acids is 2. The highest BCUT2D eigenvalue weighted by molar-refractivity contribution is 6.05. The maximum Gasteiger partial charge on any atom is 0.274 e. The van der Waals surface area contributed by atoms with Gasteiger partial charge in [0, 0.05) is 12.4 Å². The molecule has 0 atom stereocenters. The minimum absolute atomic E-state index is 0.293. The van der Waals surface area contributed by atoms with Crippen LogP contribution in [-0.2, 0) is 0 Å². The van der Waals surface area contributed by atoms with Crippen LogP contribution in [0.15, 0.2) is 108 Å². The summed E-state index contributed by atoms with van der Waals surface area (Å²) in [4.78, 5) is 33.0. The zero-order valence-corrected chi connectivity index (χ0v) is 16.8. The minimum Gasteiger partial charge on any atom is -0.319 e. The van der Waals surface area contributed by atoms with Gasteiger partial charge in [-0.3, -0.25) is 19.6 Å². The van der Waals surface area contributed by atoms with E-state index in [0.717, 1.165) is 0 Å². The second kappa shape index (κ2) is 9.86. The van der Waals surface area contributed by atoms with Crippen LogP contribution in [0.1, 0.15) is 21.0 Å². The number of nitrogens with one attached hydrogen (secondary N) is 2. The number of hydrogen-bond acceptors (Lipinski definition) is 6. The Morgan fingerprint density at radius 3 is 1.38 bits per heavy atom. The van der Waals surface area contributed by atoms with E-state index in [1.807, 2.05) is 0 Å². The average molecular weight is 422 g/mol. The maximum absolute atomic E-state index is 12.5. The molecule has 0 unspecified atom stereocenters. The van der Waals surface area contributed by atoms with Crippen LogP contribution in [0.3, 0.4) is 0 Å². The molecule has 2 N–H and O–H groups in total. The van der Waals surface area contributed by atoms with Crippen LogP contribution in [-0.4, -0.2) is 21.8 Å². The van der Waals surface area contributed by atoms with E-state index in [-0.39, 0.29) is 11.8 Å². The molecule has 2 aromatic carbocycles. The second-order valence-electron chi connectivity index (χ2n) is 6.57. The fourth-order valence-electron chi connectivity index (χ4n) is 2.81. The van der Waals surface area contributed by atoms with Crippen molar-refractivity contribution >= 4 is 34.6 Å². The summed E-state index contributed by atoms with van der Waals surface area (Å²) < 4.78 is 0. The summed E-state index contributed by atoms with van der Waals surface area (Å²) in [6.45, 7) is 0. The summed E-state index contributed by atoms with van der Waals surface area (Å²) in [6, 6.07) is 24.3. The van der Waals surface area contributed by atoms with Crippen molar-refractivity contribution in [2.75, 3.05) is 10.6 Å². The van der Waals surface area contributed by atoms with E-state index in [1.54, 1.807) is 97.3 Å². The van der Waals surface area contributed by atoms with Gasteiger partial charge in [-0.1, -0.05) is 36.4 Å². The Morgan fingerprint density at radius 1 is 0.562 bits per heavy atom. The molecule has 0 aliphatic rings. The minimum atomic E-state index is -0.351. The lowest BCUT2D eigenvalue weighted by Crippen LogP contribution is -2.13. The fourth-order valence-corrected chi connectivity index (χ4v) is 2.81. The molecule has 0 saturated heterocycles. The van der Waals surface area contributed by atoms with Crippen molar-refractivity contribution in [1.82, 2.24) is 9.97 Å². The topological polar surface area (TPSA) is 109 Å². The normalized spacial score (nSPS) is 10.6. The lowest BCUT2D eigenvalue weighted by molar-refractivity contribution is 0.101. The van der Waals surface area contributed by atoms with Gasteiger partial charge in [0.1, 0.15) is 22.8 Å². The summed E-state index contributed by atoms with van der Waals surface area (Å²) in [5.74, 6) is -0.701. The van der Waals surface area contributed by atoms with Crippen molar-refractivity contribution < 1.29 is 9.59 Å². The molecule has 2 aromatic heterocycles. The fraction of sp³-hybridized carbons (Fsp3) is 0.